The number of thioether (sulfide) groups is 1. The quantitative estimate of drug-likeness (QED) is 0.484. The molecule has 0 atom stereocenters. The highest BCUT2D eigenvalue weighted by Crippen LogP contribution is 2.24. The number of amides is 1. The van der Waals surface area contributed by atoms with Crippen LogP contribution in [0.2, 0.25) is 0 Å². The molecule has 0 bridgehead atoms. The standard InChI is InChI=1S/C19H19N3O3S/c1-14-12-15(22-25-14)13-26-19-17(8-5-9-21-19)18(23)20-10-11-24-16-6-3-2-4-7-16/h2-9,12H,10-11,13H2,1H3,(H,20,23). The number of para-hydroxylation sites is 1. The van der Waals surface area contributed by atoms with Gasteiger partial charge in [-0.3, -0.25) is 4.79 Å². The molecular formula is C19H19N3O3S. The second-order valence-corrected chi connectivity index (χ2v) is 6.46. The fourth-order valence-corrected chi connectivity index (χ4v) is 3.12. The summed E-state index contributed by atoms with van der Waals surface area (Å²) < 4.78 is 10.6. The molecule has 0 saturated heterocycles. The Kier molecular flexibility index (Phi) is 6.27. The van der Waals surface area contributed by atoms with E-state index in [4.69, 9.17) is 9.26 Å². The molecule has 0 radical (unpaired) electrons. The molecule has 26 heavy (non-hydrogen) atoms. The van der Waals surface area contributed by atoms with E-state index in [0.717, 1.165) is 17.2 Å². The van der Waals surface area contributed by atoms with Gasteiger partial charge in [-0.15, -0.1) is 0 Å². The third kappa shape index (κ3) is 5.10. The number of ether oxygens (including phenoxy) is 1. The highest BCUT2D eigenvalue weighted by Gasteiger charge is 2.13. The lowest BCUT2D eigenvalue weighted by atomic mass is 10.2. The molecule has 134 valence electrons. The predicted octanol–water partition coefficient (Wildman–Crippen LogP) is 3.48. The number of nitrogens with zero attached hydrogens (tertiary/aromatic N) is 2. The number of hydrogen-bond acceptors (Lipinski definition) is 6. The van der Waals surface area contributed by atoms with Crippen LogP contribution in [0.1, 0.15) is 21.8 Å². The first-order chi connectivity index (χ1) is 12.7. The van der Waals surface area contributed by atoms with E-state index in [1.165, 1.54) is 11.8 Å². The zero-order valence-corrected chi connectivity index (χ0v) is 15.2. The zero-order chi connectivity index (χ0) is 18.2. The number of carbonyl (C=O) groups is 1. The molecule has 2 aromatic heterocycles. The van der Waals surface area contributed by atoms with E-state index < -0.39 is 0 Å². The average molecular weight is 369 g/mol. The van der Waals surface area contributed by atoms with Crippen molar-refractivity contribution in [3.05, 3.63) is 71.7 Å². The normalized spacial score (nSPS) is 10.5. The molecule has 7 heteroatoms. The molecule has 2 heterocycles. The van der Waals surface area contributed by atoms with Crippen LogP contribution in [0.5, 0.6) is 5.75 Å². The van der Waals surface area contributed by atoms with Crippen LogP contribution < -0.4 is 10.1 Å². The number of benzene rings is 1. The Balaban J connectivity index is 1.52. The summed E-state index contributed by atoms with van der Waals surface area (Å²) in [6.45, 7) is 2.66. The lowest BCUT2D eigenvalue weighted by Crippen LogP contribution is -2.28. The van der Waals surface area contributed by atoms with Gasteiger partial charge in [0, 0.05) is 18.0 Å². The summed E-state index contributed by atoms with van der Waals surface area (Å²) in [6, 6.07) is 14.9. The molecule has 1 amide bonds. The van der Waals surface area contributed by atoms with Gasteiger partial charge in [0.15, 0.2) is 0 Å². The summed E-state index contributed by atoms with van der Waals surface area (Å²) in [6.07, 6.45) is 1.67. The van der Waals surface area contributed by atoms with Crippen molar-refractivity contribution in [2.75, 3.05) is 13.2 Å². The molecule has 1 N–H and O–H groups in total. The van der Waals surface area contributed by atoms with Gasteiger partial charge in [-0.25, -0.2) is 4.98 Å². The van der Waals surface area contributed by atoms with Gasteiger partial charge >= 0.3 is 0 Å². The first kappa shape index (κ1) is 18.0. The molecule has 0 aliphatic carbocycles. The Labute approximate surface area is 156 Å². The predicted molar refractivity (Wildman–Crippen MR) is 99.3 cm³/mol. The molecule has 0 aliphatic rings. The number of hydrogen-bond donors (Lipinski definition) is 1. The molecule has 0 fully saturated rings. The second-order valence-electron chi connectivity index (χ2n) is 5.49. The lowest BCUT2D eigenvalue weighted by Gasteiger charge is -2.09. The van der Waals surface area contributed by atoms with Crippen molar-refractivity contribution < 1.29 is 14.1 Å². The maximum absolute atomic E-state index is 12.4. The molecule has 3 aromatic rings. The SMILES string of the molecule is Cc1cc(CSc2ncccc2C(=O)NCCOc2ccccc2)no1. The van der Waals surface area contributed by atoms with E-state index in [1.54, 1.807) is 18.3 Å². The maximum atomic E-state index is 12.4. The van der Waals surface area contributed by atoms with Crippen LogP contribution in [0, 0.1) is 6.92 Å². The second kappa shape index (κ2) is 9.05. The molecule has 0 unspecified atom stereocenters. The number of aromatic nitrogens is 2. The average Bonchev–Trinajstić information content (AvgIpc) is 3.10. The van der Waals surface area contributed by atoms with E-state index in [0.29, 0.717) is 29.5 Å². The summed E-state index contributed by atoms with van der Waals surface area (Å²) in [7, 11) is 0. The Morgan fingerprint density at radius 1 is 1.23 bits per heavy atom. The van der Waals surface area contributed by atoms with Crippen LogP contribution in [0.4, 0.5) is 0 Å². The third-order valence-corrected chi connectivity index (χ3v) is 4.49. The minimum atomic E-state index is -0.173. The summed E-state index contributed by atoms with van der Waals surface area (Å²) in [4.78, 5) is 16.7. The van der Waals surface area contributed by atoms with Crippen LogP contribution in [0.25, 0.3) is 0 Å². The Morgan fingerprint density at radius 3 is 2.85 bits per heavy atom. The number of pyridine rings is 1. The number of rotatable bonds is 8. The number of carbonyl (C=O) groups excluding carboxylic acids is 1. The van der Waals surface area contributed by atoms with Gasteiger partial charge in [-0.1, -0.05) is 35.1 Å². The molecule has 6 nitrogen and oxygen atoms in total. The van der Waals surface area contributed by atoms with E-state index in [1.807, 2.05) is 43.3 Å². The highest BCUT2D eigenvalue weighted by molar-refractivity contribution is 7.98. The van der Waals surface area contributed by atoms with Crippen LogP contribution >= 0.6 is 11.8 Å². The van der Waals surface area contributed by atoms with E-state index in [2.05, 4.69) is 15.5 Å². The first-order valence-electron chi connectivity index (χ1n) is 8.18. The van der Waals surface area contributed by atoms with Gasteiger partial charge in [0.25, 0.3) is 5.91 Å². The first-order valence-corrected chi connectivity index (χ1v) is 9.17. The smallest absolute Gasteiger partial charge is 0.254 e. The van der Waals surface area contributed by atoms with Gasteiger partial charge in [-0.05, 0) is 31.2 Å². The van der Waals surface area contributed by atoms with E-state index >= 15 is 0 Å². The van der Waals surface area contributed by atoms with Crippen LogP contribution in [0.3, 0.4) is 0 Å². The third-order valence-electron chi connectivity index (χ3n) is 3.45. The molecule has 0 aliphatic heterocycles. The van der Waals surface area contributed by atoms with Crippen molar-refractivity contribution in [3.63, 3.8) is 0 Å². The van der Waals surface area contributed by atoms with E-state index in [-0.39, 0.29) is 5.91 Å². The fourth-order valence-electron chi connectivity index (χ4n) is 2.25. The molecule has 1 aromatic carbocycles. The monoisotopic (exact) mass is 369 g/mol. The van der Waals surface area contributed by atoms with Gasteiger partial charge in [-0.2, -0.15) is 0 Å². The fraction of sp³-hybridized carbons (Fsp3) is 0.211. The lowest BCUT2D eigenvalue weighted by molar-refractivity contribution is 0.0943. The summed E-state index contributed by atoms with van der Waals surface area (Å²) in [5, 5.41) is 7.48. The van der Waals surface area contributed by atoms with Crippen molar-refractivity contribution in [1.82, 2.24) is 15.5 Å². The Bertz CT molecular complexity index is 852. The van der Waals surface area contributed by atoms with Gasteiger partial charge < -0.3 is 14.6 Å². The van der Waals surface area contributed by atoms with Crippen LogP contribution in [-0.2, 0) is 5.75 Å². The van der Waals surface area contributed by atoms with Gasteiger partial charge in [0.1, 0.15) is 23.1 Å². The van der Waals surface area contributed by atoms with Gasteiger partial charge in [0.05, 0.1) is 17.8 Å². The number of nitrogens with one attached hydrogen (secondary N) is 1. The Hall–Kier alpha value is -2.80. The van der Waals surface area contributed by atoms with Crippen molar-refractivity contribution in [2.45, 2.75) is 17.7 Å². The summed E-state index contributed by atoms with van der Waals surface area (Å²) >= 11 is 1.45. The topological polar surface area (TPSA) is 77.2 Å². The molecular weight excluding hydrogens is 350 g/mol. The minimum Gasteiger partial charge on any atom is -0.492 e. The molecule has 3 rings (SSSR count). The largest absolute Gasteiger partial charge is 0.492 e. The Morgan fingerprint density at radius 2 is 2.08 bits per heavy atom. The van der Waals surface area contributed by atoms with Crippen molar-refractivity contribution >= 4 is 17.7 Å². The van der Waals surface area contributed by atoms with Crippen molar-refractivity contribution in [1.29, 1.82) is 0 Å². The summed E-state index contributed by atoms with van der Waals surface area (Å²) in [5.41, 5.74) is 1.36. The zero-order valence-electron chi connectivity index (χ0n) is 14.3. The molecule has 0 saturated carbocycles. The highest BCUT2D eigenvalue weighted by atomic mass is 32.2. The van der Waals surface area contributed by atoms with Crippen LogP contribution in [-0.4, -0.2) is 29.2 Å². The van der Waals surface area contributed by atoms with Gasteiger partial charge in [0.2, 0.25) is 0 Å². The minimum absolute atomic E-state index is 0.173. The van der Waals surface area contributed by atoms with Crippen LogP contribution in [0.15, 0.2) is 64.3 Å². The maximum Gasteiger partial charge on any atom is 0.254 e. The summed E-state index contributed by atoms with van der Waals surface area (Å²) in [5.74, 6) is 1.96. The van der Waals surface area contributed by atoms with Crippen molar-refractivity contribution in [2.24, 2.45) is 0 Å². The number of aryl methyl sites for hydroxylation is 1. The molecule has 0 spiro atoms. The van der Waals surface area contributed by atoms with Crippen molar-refractivity contribution in [3.8, 4) is 5.75 Å². The van der Waals surface area contributed by atoms with E-state index in [9.17, 15) is 4.79 Å².